The van der Waals surface area contributed by atoms with E-state index in [1.807, 2.05) is 59.7 Å². The summed E-state index contributed by atoms with van der Waals surface area (Å²) in [5, 5.41) is 12.0. The van der Waals surface area contributed by atoms with Gasteiger partial charge in [0.05, 0.1) is 12.2 Å². The molecule has 1 aliphatic rings. The van der Waals surface area contributed by atoms with Gasteiger partial charge in [0.1, 0.15) is 5.82 Å². The third kappa shape index (κ3) is 5.19. The number of hydrogen-bond donors (Lipinski definition) is 1. The Bertz CT molecular complexity index is 1130. The fourth-order valence-corrected chi connectivity index (χ4v) is 4.80. The summed E-state index contributed by atoms with van der Waals surface area (Å²) in [6.45, 7) is 5.99. The summed E-state index contributed by atoms with van der Waals surface area (Å²) in [5.74, 6) is 0.848. The molecule has 2 heterocycles. The van der Waals surface area contributed by atoms with Gasteiger partial charge < -0.3 is 14.8 Å². The lowest BCUT2D eigenvalue weighted by Gasteiger charge is -2.28. The molecule has 1 aromatic heterocycles. The van der Waals surface area contributed by atoms with Crippen molar-refractivity contribution in [3.63, 3.8) is 0 Å². The van der Waals surface area contributed by atoms with Crippen LogP contribution in [0.1, 0.15) is 29.4 Å². The van der Waals surface area contributed by atoms with Crippen LogP contribution in [-0.2, 0) is 35.5 Å². The van der Waals surface area contributed by atoms with E-state index in [1.165, 1.54) is 22.9 Å². The van der Waals surface area contributed by atoms with Gasteiger partial charge in [-0.3, -0.25) is 9.59 Å². The maximum absolute atomic E-state index is 12.8. The second-order valence-corrected chi connectivity index (χ2v) is 8.80. The lowest BCUT2D eigenvalue weighted by molar-refractivity contribution is -0.129. The minimum Gasteiger partial charge on any atom is -0.337 e. The largest absolute Gasteiger partial charge is 0.337 e. The number of aryl methyl sites for hydroxylation is 1. The van der Waals surface area contributed by atoms with Crippen molar-refractivity contribution in [2.24, 2.45) is 0 Å². The van der Waals surface area contributed by atoms with Crippen LogP contribution in [0.2, 0.25) is 0 Å². The number of benzene rings is 2. The van der Waals surface area contributed by atoms with Gasteiger partial charge in [0.15, 0.2) is 5.16 Å². The number of nitrogens with one attached hydrogen (secondary N) is 1. The monoisotopic (exact) mass is 449 g/mol. The Kier molecular flexibility index (Phi) is 6.90. The summed E-state index contributed by atoms with van der Waals surface area (Å²) in [6, 6.07) is 16.0. The first-order chi connectivity index (χ1) is 15.5. The second kappa shape index (κ2) is 9.99. The topological polar surface area (TPSA) is 80.1 Å². The van der Waals surface area contributed by atoms with Crippen molar-refractivity contribution in [1.82, 2.24) is 19.7 Å². The number of rotatable bonds is 7. The molecular weight excluding hydrogens is 422 g/mol. The van der Waals surface area contributed by atoms with Crippen LogP contribution in [0.15, 0.2) is 53.7 Å². The molecule has 1 N–H and O–H groups in total. The van der Waals surface area contributed by atoms with Crippen LogP contribution >= 0.6 is 11.8 Å². The number of thioether (sulfide) groups is 1. The SMILES string of the molecule is CCn1c(CC(=O)Nc2cccc(C)c2)nnc1SCC(=O)N1CCc2ccccc2C1. The Morgan fingerprint density at radius 1 is 1.09 bits per heavy atom. The standard InChI is InChI=1S/C24H27N5O2S/c1-3-29-21(14-22(30)25-20-10-6-7-17(2)13-20)26-27-24(29)32-16-23(31)28-12-11-18-8-4-5-9-19(18)15-28/h4-10,13H,3,11-12,14-16H2,1-2H3,(H,25,30). The van der Waals surface area contributed by atoms with E-state index < -0.39 is 0 Å². The number of aromatic nitrogens is 3. The molecule has 32 heavy (non-hydrogen) atoms. The Morgan fingerprint density at radius 2 is 1.91 bits per heavy atom. The smallest absolute Gasteiger partial charge is 0.233 e. The van der Waals surface area contributed by atoms with Gasteiger partial charge in [-0.25, -0.2) is 0 Å². The number of hydrogen-bond acceptors (Lipinski definition) is 5. The summed E-state index contributed by atoms with van der Waals surface area (Å²) in [7, 11) is 0. The third-order valence-electron chi connectivity index (χ3n) is 5.54. The molecule has 0 bridgehead atoms. The van der Waals surface area contributed by atoms with Gasteiger partial charge in [-0.05, 0) is 49.1 Å². The van der Waals surface area contributed by atoms with Gasteiger partial charge >= 0.3 is 0 Å². The molecule has 166 valence electrons. The maximum Gasteiger partial charge on any atom is 0.233 e. The van der Waals surface area contributed by atoms with Crippen molar-refractivity contribution >= 4 is 29.3 Å². The average Bonchev–Trinajstić information content (AvgIpc) is 3.18. The Balaban J connectivity index is 1.35. The van der Waals surface area contributed by atoms with Crippen LogP contribution in [0.3, 0.4) is 0 Å². The third-order valence-corrected chi connectivity index (χ3v) is 6.49. The van der Waals surface area contributed by atoms with Crippen molar-refractivity contribution in [3.8, 4) is 0 Å². The van der Waals surface area contributed by atoms with Gasteiger partial charge in [0.25, 0.3) is 0 Å². The first-order valence-electron chi connectivity index (χ1n) is 10.8. The molecule has 1 aliphatic heterocycles. The van der Waals surface area contributed by atoms with Gasteiger partial charge in [0.2, 0.25) is 11.8 Å². The van der Waals surface area contributed by atoms with Crippen molar-refractivity contribution < 1.29 is 9.59 Å². The van der Waals surface area contributed by atoms with E-state index in [4.69, 9.17) is 0 Å². The number of carbonyl (C=O) groups is 2. The minimum absolute atomic E-state index is 0.0916. The number of fused-ring (bicyclic) bond motifs is 1. The predicted octanol–water partition coefficient (Wildman–Crippen LogP) is 3.46. The van der Waals surface area contributed by atoms with E-state index in [1.54, 1.807) is 0 Å². The number of carbonyl (C=O) groups excluding carboxylic acids is 2. The molecular formula is C24H27N5O2S. The van der Waals surface area contributed by atoms with Crippen LogP contribution in [0, 0.1) is 6.92 Å². The fraction of sp³-hybridized carbons (Fsp3) is 0.333. The average molecular weight is 450 g/mol. The lowest BCUT2D eigenvalue weighted by atomic mass is 10.00. The molecule has 0 saturated heterocycles. The molecule has 0 unspecified atom stereocenters. The fourth-order valence-electron chi connectivity index (χ4n) is 3.87. The molecule has 0 saturated carbocycles. The Hall–Kier alpha value is -3.13. The zero-order valence-corrected chi connectivity index (χ0v) is 19.2. The highest BCUT2D eigenvalue weighted by atomic mass is 32.2. The number of amides is 2. The van der Waals surface area contributed by atoms with Crippen LogP contribution in [0.25, 0.3) is 0 Å². The molecule has 8 heteroatoms. The van der Waals surface area contributed by atoms with Gasteiger partial charge in [-0.1, -0.05) is 48.2 Å². The van der Waals surface area contributed by atoms with Crippen LogP contribution in [-0.4, -0.2) is 43.8 Å². The van der Waals surface area contributed by atoms with E-state index in [0.717, 1.165) is 24.2 Å². The minimum atomic E-state index is -0.141. The van der Waals surface area contributed by atoms with Crippen LogP contribution in [0.5, 0.6) is 0 Å². The van der Waals surface area contributed by atoms with Gasteiger partial charge in [-0.15, -0.1) is 10.2 Å². The van der Waals surface area contributed by atoms with Gasteiger partial charge in [0, 0.05) is 25.3 Å². The number of nitrogens with zero attached hydrogens (tertiary/aromatic N) is 4. The molecule has 0 aliphatic carbocycles. The number of anilines is 1. The molecule has 2 amide bonds. The molecule has 0 atom stereocenters. The van der Waals surface area contributed by atoms with E-state index >= 15 is 0 Å². The Morgan fingerprint density at radius 3 is 2.69 bits per heavy atom. The Labute approximate surface area is 192 Å². The van der Waals surface area contributed by atoms with E-state index in [9.17, 15) is 9.59 Å². The van der Waals surface area contributed by atoms with E-state index in [0.29, 0.717) is 29.8 Å². The molecule has 2 aromatic carbocycles. The van der Waals surface area contributed by atoms with Crippen LogP contribution in [0.4, 0.5) is 5.69 Å². The summed E-state index contributed by atoms with van der Waals surface area (Å²) in [4.78, 5) is 27.2. The molecule has 7 nitrogen and oxygen atoms in total. The first kappa shape index (κ1) is 22.1. The summed E-state index contributed by atoms with van der Waals surface area (Å²) in [5.41, 5.74) is 4.39. The van der Waals surface area contributed by atoms with Crippen molar-refractivity contribution in [2.45, 2.75) is 44.9 Å². The van der Waals surface area contributed by atoms with Gasteiger partial charge in [-0.2, -0.15) is 0 Å². The molecule has 0 spiro atoms. The molecule has 0 fully saturated rings. The van der Waals surface area contributed by atoms with E-state index in [-0.39, 0.29) is 18.2 Å². The van der Waals surface area contributed by atoms with Crippen LogP contribution < -0.4 is 5.32 Å². The molecule has 3 aromatic rings. The quantitative estimate of drug-likeness (QED) is 0.559. The summed E-state index contributed by atoms with van der Waals surface area (Å²) < 4.78 is 1.90. The highest BCUT2D eigenvalue weighted by molar-refractivity contribution is 7.99. The molecule has 4 rings (SSSR count). The second-order valence-electron chi connectivity index (χ2n) is 7.86. The van der Waals surface area contributed by atoms with Crippen molar-refractivity contribution in [1.29, 1.82) is 0 Å². The normalized spacial score (nSPS) is 13.0. The molecule has 0 radical (unpaired) electrons. The summed E-state index contributed by atoms with van der Waals surface area (Å²) >= 11 is 1.37. The van der Waals surface area contributed by atoms with E-state index in [2.05, 4.69) is 27.6 Å². The highest BCUT2D eigenvalue weighted by Crippen LogP contribution is 2.22. The zero-order valence-electron chi connectivity index (χ0n) is 18.4. The first-order valence-corrected chi connectivity index (χ1v) is 11.8. The van der Waals surface area contributed by atoms with Crippen molar-refractivity contribution in [3.05, 3.63) is 71.0 Å². The summed E-state index contributed by atoms with van der Waals surface area (Å²) in [6.07, 6.45) is 1.02. The lowest BCUT2D eigenvalue weighted by Crippen LogP contribution is -2.37. The maximum atomic E-state index is 12.8. The highest BCUT2D eigenvalue weighted by Gasteiger charge is 2.22. The van der Waals surface area contributed by atoms with Crippen molar-refractivity contribution in [2.75, 3.05) is 17.6 Å². The zero-order chi connectivity index (χ0) is 22.5. The predicted molar refractivity (Wildman–Crippen MR) is 125 cm³/mol.